The zero-order valence-corrected chi connectivity index (χ0v) is 45.8. The van der Waals surface area contributed by atoms with E-state index in [0.29, 0.717) is 19.3 Å². The molecule has 70 heavy (non-hydrogen) atoms. The Kier molecular flexibility index (Phi) is 54.9. The molecule has 1 atom stereocenters. The lowest BCUT2D eigenvalue weighted by Gasteiger charge is -2.18. The third-order valence-corrected chi connectivity index (χ3v) is 12.3. The Labute approximate surface area is 432 Å². The summed E-state index contributed by atoms with van der Waals surface area (Å²) in [6.07, 6.45) is 76.8. The van der Waals surface area contributed by atoms with Crippen LogP contribution in [0.2, 0.25) is 0 Å². The highest BCUT2D eigenvalue weighted by molar-refractivity contribution is 5.71. The highest BCUT2D eigenvalue weighted by Crippen LogP contribution is 2.15. The zero-order chi connectivity index (χ0) is 50.7. The molecule has 0 saturated carbocycles. The smallest absolute Gasteiger partial charge is 0.306 e. The van der Waals surface area contributed by atoms with Crippen LogP contribution in [0.4, 0.5) is 0 Å². The number of rotatable bonds is 52. The van der Waals surface area contributed by atoms with Crippen LogP contribution in [0.25, 0.3) is 0 Å². The molecule has 0 aliphatic carbocycles. The molecule has 0 aliphatic rings. The summed E-state index contributed by atoms with van der Waals surface area (Å²) in [5.41, 5.74) is 0. The van der Waals surface area contributed by atoms with Gasteiger partial charge in [-0.3, -0.25) is 14.4 Å². The summed E-state index contributed by atoms with van der Waals surface area (Å²) in [7, 11) is 0. The van der Waals surface area contributed by atoms with E-state index in [4.69, 9.17) is 14.2 Å². The molecule has 0 bridgehead atoms. The predicted molar refractivity (Wildman–Crippen MR) is 302 cm³/mol. The summed E-state index contributed by atoms with van der Waals surface area (Å²) in [6.45, 7) is 6.47. The minimum Gasteiger partial charge on any atom is -0.462 e. The summed E-state index contributed by atoms with van der Waals surface area (Å²) >= 11 is 0. The Morgan fingerprint density at radius 1 is 0.300 bits per heavy atom. The minimum absolute atomic E-state index is 0.0863. The fourth-order valence-corrected chi connectivity index (χ4v) is 7.95. The first-order valence-corrected chi connectivity index (χ1v) is 29.2. The molecule has 0 rings (SSSR count). The topological polar surface area (TPSA) is 78.9 Å². The van der Waals surface area contributed by atoms with Gasteiger partial charge in [-0.25, -0.2) is 0 Å². The minimum atomic E-state index is -0.790. The van der Waals surface area contributed by atoms with Gasteiger partial charge in [0, 0.05) is 19.3 Å². The monoisotopic (exact) mass is 973 g/mol. The van der Waals surface area contributed by atoms with Crippen LogP contribution >= 0.6 is 0 Å². The largest absolute Gasteiger partial charge is 0.462 e. The molecular weight excluding hydrogens is 865 g/mol. The average Bonchev–Trinajstić information content (AvgIpc) is 3.36. The molecule has 0 fully saturated rings. The van der Waals surface area contributed by atoms with E-state index in [9.17, 15) is 14.4 Å². The number of unbranched alkanes of at least 4 members (excludes halogenated alkanes) is 25. The maximum Gasteiger partial charge on any atom is 0.306 e. The lowest BCUT2D eigenvalue weighted by molar-refractivity contribution is -0.167. The maximum atomic E-state index is 12.9. The number of carbonyl (C=O) groups is 3. The molecule has 6 nitrogen and oxygen atoms in total. The van der Waals surface area contributed by atoms with Crippen LogP contribution in [0, 0.1) is 0 Å². The number of hydrogen-bond acceptors (Lipinski definition) is 6. The van der Waals surface area contributed by atoms with Crippen LogP contribution in [0.1, 0.15) is 271 Å². The lowest BCUT2D eigenvalue weighted by atomic mass is 10.1. The number of carbonyl (C=O) groups excluding carboxylic acids is 3. The van der Waals surface area contributed by atoms with E-state index in [2.05, 4.69) is 118 Å². The van der Waals surface area contributed by atoms with Gasteiger partial charge in [-0.1, -0.05) is 246 Å². The van der Waals surface area contributed by atoms with Gasteiger partial charge in [-0.05, 0) is 103 Å². The van der Waals surface area contributed by atoms with Crippen molar-refractivity contribution in [2.75, 3.05) is 13.2 Å². The van der Waals surface area contributed by atoms with Crippen molar-refractivity contribution in [1.29, 1.82) is 0 Å². The van der Waals surface area contributed by atoms with Crippen LogP contribution < -0.4 is 0 Å². The van der Waals surface area contributed by atoms with Gasteiger partial charge < -0.3 is 14.2 Å². The van der Waals surface area contributed by atoms with Crippen molar-refractivity contribution in [2.24, 2.45) is 0 Å². The Hall–Kier alpha value is -3.67. The average molecular weight is 974 g/mol. The van der Waals surface area contributed by atoms with Gasteiger partial charge in [0.2, 0.25) is 0 Å². The number of esters is 3. The Bertz CT molecular complexity index is 1400. The second-order valence-electron chi connectivity index (χ2n) is 19.2. The molecule has 0 aromatic rings. The molecule has 0 saturated heterocycles. The highest BCUT2D eigenvalue weighted by atomic mass is 16.6. The second-order valence-corrected chi connectivity index (χ2v) is 19.2. The van der Waals surface area contributed by atoms with Gasteiger partial charge in [0.25, 0.3) is 0 Å². The molecule has 0 aromatic carbocycles. The lowest BCUT2D eigenvalue weighted by Crippen LogP contribution is -2.30. The van der Waals surface area contributed by atoms with E-state index in [1.807, 2.05) is 0 Å². The van der Waals surface area contributed by atoms with Gasteiger partial charge in [0.05, 0.1) is 0 Å². The van der Waals surface area contributed by atoms with Gasteiger partial charge in [-0.2, -0.15) is 0 Å². The molecule has 0 aromatic heterocycles. The SMILES string of the molecule is CC/C=C\C/C=C\C/C=C\C/C=C\C/C=C\C/C=C\CCCCCCC(=O)OCC(COC(=O)CCCCCCCCCCCC)OC(=O)CCCCCCCCCCC/C=C\C/C=C\CCCCC. The summed E-state index contributed by atoms with van der Waals surface area (Å²) in [4.78, 5) is 38.1. The quantitative estimate of drug-likeness (QED) is 0.0262. The fraction of sp³-hybridized carbons (Fsp3) is 0.703. The predicted octanol–water partition coefficient (Wildman–Crippen LogP) is 19.7. The molecule has 400 valence electrons. The standard InChI is InChI=1S/C64H108O6/c1-4-7-10-13-16-19-22-24-26-28-30-31-32-33-35-36-38-40-42-45-48-51-54-57-63(66)69-60-61(59-68-62(65)56-53-50-47-44-21-18-15-12-9-6-3)70-64(67)58-55-52-49-46-43-41-39-37-34-29-27-25-23-20-17-14-11-8-5-2/h7,10,16-17,19-20,24-27,30-31,33,35,38,40,61H,4-6,8-9,11-15,18,21-23,28-29,32,34,36-37,39,41-60H2,1-3H3/b10-7-,19-16-,20-17-,26-24-,27-25-,31-30-,35-33-,40-38-. The third kappa shape index (κ3) is 55.3. The fourth-order valence-electron chi connectivity index (χ4n) is 7.95. The molecule has 0 amide bonds. The van der Waals surface area contributed by atoms with Gasteiger partial charge in [-0.15, -0.1) is 0 Å². The number of allylic oxidation sites excluding steroid dienone is 16. The van der Waals surface area contributed by atoms with Crippen molar-refractivity contribution in [3.8, 4) is 0 Å². The van der Waals surface area contributed by atoms with E-state index >= 15 is 0 Å². The molecule has 0 aliphatic heterocycles. The first-order chi connectivity index (χ1) is 34.5. The Morgan fingerprint density at radius 2 is 0.557 bits per heavy atom. The van der Waals surface area contributed by atoms with Crippen molar-refractivity contribution in [3.63, 3.8) is 0 Å². The van der Waals surface area contributed by atoms with Crippen molar-refractivity contribution in [1.82, 2.24) is 0 Å². The summed E-state index contributed by atoms with van der Waals surface area (Å²) < 4.78 is 16.8. The van der Waals surface area contributed by atoms with Crippen molar-refractivity contribution in [3.05, 3.63) is 97.2 Å². The van der Waals surface area contributed by atoms with E-state index in [-0.39, 0.29) is 31.1 Å². The molecular formula is C64H108O6. The molecule has 0 spiro atoms. The second kappa shape index (κ2) is 57.9. The van der Waals surface area contributed by atoms with Gasteiger partial charge in [0.1, 0.15) is 13.2 Å². The summed E-state index contributed by atoms with van der Waals surface area (Å²) in [6, 6.07) is 0. The summed E-state index contributed by atoms with van der Waals surface area (Å²) in [5, 5.41) is 0. The normalized spacial score (nSPS) is 12.8. The van der Waals surface area contributed by atoms with Crippen molar-refractivity contribution < 1.29 is 28.6 Å². The first kappa shape index (κ1) is 66.3. The molecule has 0 N–H and O–H groups in total. The Balaban J connectivity index is 4.37. The highest BCUT2D eigenvalue weighted by Gasteiger charge is 2.19. The van der Waals surface area contributed by atoms with Crippen LogP contribution in [-0.2, 0) is 28.6 Å². The maximum absolute atomic E-state index is 12.9. The van der Waals surface area contributed by atoms with E-state index in [0.717, 1.165) is 116 Å². The Morgan fingerprint density at radius 3 is 0.900 bits per heavy atom. The van der Waals surface area contributed by atoms with Gasteiger partial charge >= 0.3 is 17.9 Å². The van der Waals surface area contributed by atoms with Crippen molar-refractivity contribution >= 4 is 17.9 Å². The van der Waals surface area contributed by atoms with E-state index < -0.39 is 6.10 Å². The molecule has 0 heterocycles. The summed E-state index contributed by atoms with van der Waals surface area (Å²) in [5.74, 6) is -0.914. The molecule has 0 radical (unpaired) electrons. The number of ether oxygens (including phenoxy) is 3. The van der Waals surface area contributed by atoms with Crippen molar-refractivity contribution in [2.45, 2.75) is 277 Å². The van der Waals surface area contributed by atoms with Crippen LogP contribution in [0.15, 0.2) is 97.2 Å². The van der Waals surface area contributed by atoms with E-state index in [1.165, 1.54) is 116 Å². The van der Waals surface area contributed by atoms with Crippen LogP contribution in [0.5, 0.6) is 0 Å². The molecule has 1 unspecified atom stereocenters. The number of hydrogen-bond donors (Lipinski definition) is 0. The first-order valence-electron chi connectivity index (χ1n) is 29.2. The molecule has 6 heteroatoms. The van der Waals surface area contributed by atoms with E-state index in [1.54, 1.807) is 0 Å². The van der Waals surface area contributed by atoms with Crippen LogP contribution in [0.3, 0.4) is 0 Å². The zero-order valence-electron chi connectivity index (χ0n) is 45.8. The van der Waals surface area contributed by atoms with Gasteiger partial charge in [0.15, 0.2) is 6.10 Å². The third-order valence-electron chi connectivity index (χ3n) is 12.3. The van der Waals surface area contributed by atoms with Crippen LogP contribution in [-0.4, -0.2) is 37.2 Å².